The number of carbonyl (C=O) groups excluding carboxylic acids is 1. The number of hydrogen-bond donors (Lipinski definition) is 0. The summed E-state index contributed by atoms with van der Waals surface area (Å²) < 4.78 is 2.00. The zero-order valence-corrected chi connectivity index (χ0v) is 16.8. The van der Waals surface area contributed by atoms with Crippen LogP contribution in [0.2, 0.25) is 0 Å². The van der Waals surface area contributed by atoms with Crippen LogP contribution in [0.5, 0.6) is 0 Å². The quantitative estimate of drug-likeness (QED) is 0.462. The Morgan fingerprint density at radius 1 is 1.14 bits per heavy atom. The van der Waals surface area contributed by atoms with E-state index in [1.165, 1.54) is 35.1 Å². The van der Waals surface area contributed by atoms with Crippen molar-refractivity contribution in [1.82, 2.24) is 4.57 Å². The summed E-state index contributed by atoms with van der Waals surface area (Å²) in [4.78, 5) is 29.3. The van der Waals surface area contributed by atoms with Crippen LogP contribution in [-0.2, 0) is 13.0 Å². The second-order valence-electron chi connectivity index (χ2n) is 6.31. The Balaban J connectivity index is 2.16. The second-order valence-corrected chi connectivity index (χ2v) is 7.37. The fraction of sp³-hybridized carbons (Fsp3) is 0.238. The van der Waals surface area contributed by atoms with Gasteiger partial charge in [-0.2, -0.15) is 4.99 Å². The molecule has 3 aromatic rings. The summed E-state index contributed by atoms with van der Waals surface area (Å²) in [6.07, 6.45) is 0.809. The Hall–Kier alpha value is -3.06. The molecule has 0 saturated carbocycles. The van der Waals surface area contributed by atoms with Crippen LogP contribution in [0.15, 0.2) is 53.5 Å². The van der Waals surface area contributed by atoms with Crippen molar-refractivity contribution < 1.29 is 9.72 Å². The van der Waals surface area contributed by atoms with Gasteiger partial charge in [0.25, 0.3) is 11.6 Å². The molecule has 28 heavy (non-hydrogen) atoms. The summed E-state index contributed by atoms with van der Waals surface area (Å²) in [5.41, 5.74) is 3.06. The largest absolute Gasteiger partial charge is 0.316 e. The van der Waals surface area contributed by atoms with Crippen LogP contribution >= 0.6 is 11.3 Å². The maximum atomic E-state index is 12.7. The zero-order chi connectivity index (χ0) is 20.3. The van der Waals surface area contributed by atoms with E-state index in [1.54, 1.807) is 6.07 Å². The highest BCUT2D eigenvalue weighted by molar-refractivity contribution is 7.09. The molecule has 2 aromatic carbocycles. The molecule has 0 aliphatic rings. The van der Waals surface area contributed by atoms with Crippen molar-refractivity contribution in [3.8, 4) is 11.3 Å². The number of amides is 1. The van der Waals surface area contributed by atoms with Crippen molar-refractivity contribution in [3.05, 3.63) is 79.5 Å². The average Bonchev–Trinajstić information content (AvgIpc) is 3.05. The van der Waals surface area contributed by atoms with Crippen molar-refractivity contribution in [2.24, 2.45) is 4.99 Å². The molecule has 3 rings (SSSR count). The standard InChI is InChI=1S/C21H21N3O3S/c1-4-18-19(15-12-10-14(3)11-13-15)23(5-2)21(28-18)22-20(25)16-8-6-7-9-17(16)24(26)27/h6-13H,4-5H2,1-3H3. The third-order valence-corrected chi connectivity index (χ3v) is 5.69. The molecular formula is C21H21N3O3S. The fourth-order valence-corrected chi connectivity index (χ4v) is 4.21. The Morgan fingerprint density at radius 3 is 2.43 bits per heavy atom. The molecule has 1 heterocycles. The lowest BCUT2D eigenvalue weighted by Gasteiger charge is -2.09. The molecule has 6 nitrogen and oxygen atoms in total. The topological polar surface area (TPSA) is 77.5 Å². The number of para-hydroxylation sites is 1. The van der Waals surface area contributed by atoms with Gasteiger partial charge in [0.1, 0.15) is 5.56 Å². The van der Waals surface area contributed by atoms with Gasteiger partial charge in [-0.1, -0.05) is 48.9 Å². The molecule has 0 unspecified atom stereocenters. The normalized spacial score (nSPS) is 11.6. The molecule has 0 spiro atoms. The number of nitrogens with zero attached hydrogens (tertiary/aromatic N) is 3. The van der Waals surface area contributed by atoms with E-state index >= 15 is 0 Å². The van der Waals surface area contributed by atoms with Gasteiger partial charge in [0.05, 0.1) is 10.6 Å². The molecule has 0 radical (unpaired) electrons. The number of rotatable bonds is 5. The van der Waals surface area contributed by atoms with E-state index in [-0.39, 0.29) is 11.3 Å². The lowest BCUT2D eigenvalue weighted by Crippen LogP contribution is -2.17. The first kappa shape index (κ1) is 19.7. The SMILES string of the molecule is CCc1sc(=NC(=O)c2ccccc2[N+](=O)[O-])n(CC)c1-c1ccc(C)cc1. The number of nitro benzene ring substituents is 1. The van der Waals surface area contributed by atoms with Crippen LogP contribution in [0.25, 0.3) is 11.3 Å². The summed E-state index contributed by atoms with van der Waals surface area (Å²) >= 11 is 1.45. The highest BCUT2D eigenvalue weighted by atomic mass is 32.1. The molecule has 0 bridgehead atoms. The minimum Gasteiger partial charge on any atom is -0.316 e. The number of nitro groups is 1. The highest BCUT2D eigenvalue weighted by Gasteiger charge is 2.20. The van der Waals surface area contributed by atoms with Gasteiger partial charge in [0.2, 0.25) is 0 Å². The van der Waals surface area contributed by atoms with Crippen LogP contribution in [-0.4, -0.2) is 15.4 Å². The number of thiazole rings is 1. The van der Waals surface area contributed by atoms with Crippen molar-refractivity contribution in [3.63, 3.8) is 0 Å². The summed E-state index contributed by atoms with van der Waals surface area (Å²) in [5.74, 6) is -0.603. The second kappa shape index (κ2) is 8.31. The van der Waals surface area contributed by atoms with Gasteiger partial charge in [0.15, 0.2) is 4.80 Å². The molecule has 144 valence electrons. The van der Waals surface area contributed by atoms with Crippen molar-refractivity contribution in [1.29, 1.82) is 0 Å². The predicted octanol–water partition coefficient (Wildman–Crippen LogP) is 4.76. The summed E-state index contributed by atoms with van der Waals surface area (Å²) in [5, 5.41) is 11.2. The van der Waals surface area contributed by atoms with Gasteiger partial charge >= 0.3 is 0 Å². The minimum atomic E-state index is -0.603. The number of hydrogen-bond acceptors (Lipinski definition) is 4. The Kier molecular flexibility index (Phi) is 5.84. The van der Waals surface area contributed by atoms with Crippen molar-refractivity contribution in [2.75, 3.05) is 0 Å². The van der Waals surface area contributed by atoms with E-state index in [0.29, 0.717) is 11.3 Å². The average molecular weight is 395 g/mol. The number of aromatic nitrogens is 1. The van der Waals surface area contributed by atoms with Crippen LogP contribution in [0, 0.1) is 17.0 Å². The predicted molar refractivity (Wildman–Crippen MR) is 111 cm³/mol. The molecular weight excluding hydrogens is 374 g/mol. The maximum Gasteiger partial charge on any atom is 0.286 e. The fourth-order valence-electron chi connectivity index (χ4n) is 3.07. The first-order chi connectivity index (χ1) is 13.5. The van der Waals surface area contributed by atoms with Crippen LogP contribution in [0.3, 0.4) is 0 Å². The van der Waals surface area contributed by atoms with E-state index in [2.05, 4.69) is 36.2 Å². The molecule has 0 N–H and O–H groups in total. The van der Waals surface area contributed by atoms with Gasteiger partial charge in [-0.25, -0.2) is 0 Å². The Labute approximate surface area is 167 Å². The number of aryl methyl sites for hydroxylation is 2. The van der Waals surface area contributed by atoms with E-state index in [0.717, 1.165) is 22.6 Å². The van der Waals surface area contributed by atoms with Gasteiger partial charge in [-0.3, -0.25) is 14.9 Å². The first-order valence-corrected chi connectivity index (χ1v) is 9.89. The van der Waals surface area contributed by atoms with Gasteiger partial charge in [0, 0.05) is 17.5 Å². The monoisotopic (exact) mass is 395 g/mol. The molecule has 0 aliphatic heterocycles. The summed E-state index contributed by atoms with van der Waals surface area (Å²) in [7, 11) is 0. The smallest absolute Gasteiger partial charge is 0.286 e. The van der Waals surface area contributed by atoms with Crippen LogP contribution in [0.1, 0.15) is 34.6 Å². The highest BCUT2D eigenvalue weighted by Crippen LogP contribution is 2.27. The third kappa shape index (κ3) is 3.80. The summed E-state index contributed by atoms with van der Waals surface area (Å²) in [6, 6.07) is 14.1. The number of benzene rings is 2. The Morgan fingerprint density at radius 2 is 1.82 bits per heavy atom. The molecule has 1 amide bonds. The van der Waals surface area contributed by atoms with Gasteiger partial charge in [-0.05, 0) is 31.9 Å². The molecule has 0 saturated heterocycles. The first-order valence-electron chi connectivity index (χ1n) is 9.08. The minimum absolute atomic E-state index is 0.00140. The van der Waals surface area contributed by atoms with Crippen LogP contribution in [0.4, 0.5) is 5.69 Å². The molecule has 0 atom stereocenters. The lowest BCUT2D eigenvalue weighted by atomic mass is 10.1. The van der Waals surface area contributed by atoms with Crippen molar-refractivity contribution in [2.45, 2.75) is 33.7 Å². The van der Waals surface area contributed by atoms with Gasteiger partial charge in [-0.15, -0.1) is 11.3 Å². The third-order valence-electron chi connectivity index (χ3n) is 4.47. The van der Waals surface area contributed by atoms with Crippen LogP contribution < -0.4 is 4.80 Å². The number of carbonyl (C=O) groups is 1. The maximum absolute atomic E-state index is 12.7. The van der Waals surface area contributed by atoms with Gasteiger partial charge < -0.3 is 4.57 Å². The summed E-state index contributed by atoms with van der Waals surface area (Å²) in [6.45, 7) is 6.75. The molecule has 7 heteroatoms. The lowest BCUT2D eigenvalue weighted by molar-refractivity contribution is -0.385. The zero-order valence-electron chi connectivity index (χ0n) is 16.0. The van der Waals surface area contributed by atoms with Crippen molar-refractivity contribution >= 4 is 22.9 Å². The molecule has 0 aliphatic carbocycles. The van der Waals surface area contributed by atoms with E-state index in [9.17, 15) is 14.9 Å². The molecule has 1 aromatic heterocycles. The van der Waals surface area contributed by atoms with E-state index in [1.807, 2.05) is 18.4 Å². The van der Waals surface area contributed by atoms with E-state index in [4.69, 9.17) is 0 Å². The molecule has 0 fully saturated rings. The Bertz CT molecular complexity index is 1090. The van der Waals surface area contributed by atoms with E-state index < -0.39 is 10.8 Å².